The summed E-state index contributed by atoms with van der Waals surface area (Å²) in [5, 5.41) is 4.08. The van der Waals surface area contributed by atoms with E-state index >= 15 is 0 Å². The fourth-order valence-corrected chi connectivity index (χ4v) is 3.98. The molecule has 1 aromatic rings. The summed E-state index contributed by atoms with van der Waals surface area (Å²) in [5.41, 5.74) is 0.766. The van der Waals surface area contributed by atoms with E-state index in [2.05, 4.69) is 17.1 Å². The predicted octanol–water partition coefficient (Wildman–Crippen LogP) is 2.72. The molecule has 7 heteroatoms. The van der Waals surface area contributed by atoms with Gasteiger partial charge in [-0.05, 0) is 25.8 Å². The van der Waals surface area contributed by atoms with E-state index in [1.54, 1.807) is 4.90 Å². The molecule has 1 aliphatic carbocycles. The van der Waals surface area contributed by atoms with E-state index in [0.717, 1.165) is 48.9 Å². The van der Waals surface area contributed by atoms with E-state index < -0.39 is 0 Å². The number of hydrogen-bond acceptors (Lipinski definition) is 2. The molecule has 1 fully saturated rings. The second kappa shape index (κ2) is 8.80. The SMILES string of the molecule is CCNC(=NCC1(C(=O)N(C)C)CCCC1)N(C)Cc1cc(Cl)cn1C. The van der Waals surface area contributed by atoms with Crippen LogP contribution in [0.2, 0.25) is 5.02 Å². The van der Waals surface area contributed by atoms with Gasteiger partial charge in [-0.3, -0.25) is 9.79 Å². The number of aromatic nitrogens is 1. The van der Waals surface area contributed by atoms with E-state index in [1.807, 2.05) is 45.0 Å². The van der Waals surface area contributed by atoms with Crippen molar-refractivity contribution in [3.05, 3.63) is 23.0 Å². The molecule has 0 bridgehead atoms. The van der Waals surface area contributed by atoms with Gasteiger partial charge >= 0.3 is 0 Å². The normalized spacial score (nSPS) is 16.6. The van der Waals surface area contributed by atoms with Gasteiger partial charge in [-0.25, -0.2) is 0 Å². The van der Waals surface area contributed by atoms with Crippen LogP contribution in [-0.2, 0) is 18.4 Å². The summed E-state index contributed by atoms with van der Waals surface area (Å²) in [7, 11) is 7.67. The molecular formula is C19H32ClN5O. The number of rotatable bonds is 6. The van der Waals surface area contributed by atoms with Crippen LogP contribution in [0.5, 0.6) is 0 Å². The summed E-state index contributed by atoms with van der Waals surface area (Å²) in [4.78, 5) is 21.4. The van der Waals surface area contributed by atoms with Crippen LogP contribution in [0.25, 0.3) is 0 Å². The summed E-state index contributed by atoms with van der Waals surface area (Å²) in [5.74, 6) is 1.02. The molecule has 0 radical (unpaired) electrons. The second-order valence-electron chi connectivity index (χ2n) is 7.47. The van der Waals surface area contributed by atoms with Gasteiger partial charge in [0.2, 0.25) is 5.91 Å². The topological polar surface area (TPSA) is 52.9 Å². The number of aliphatic imine (C=N–C) groups is 1. The van der Waals surface area contributed by atoms with E-state index in [4.69, 9.17) is 16.6 Å². The third kappa shape index (κ3) is 4.72. The quantitative estimate of drug-likeness (QED) is 0.609. The van der Waals surface area contributed by atoms with E-state index in [0.29, 0.717) is 13.1 Å². The number of halogens is 1. The molecule has 1 amide bonds. The lowest BCUT2D eigenvalue weighted by atomic mass is 9.85. The Bertz CT molecular complexity index is 646. The monoisotopic (exact) mass is 381 g/mol. The van der Waals surface area contributed by atoms with Gasteiger partial charge in [0.25, 0.3) is 0 Å². The highest BCUT2D eigenvalue weighted by molar-refractivity contribution is 6.30. The zero-order chi connectivity index (χ0) is 19.3. The average Bonchev–Trinajstić information content (AvgIpc) is 3.18. The number of aryl methyl sites for hydroxylation is 1. The lowest BCUT2D eigenvalue weighted by Gasteiger charge is -2.30. The maximum absolute atomic E-state index is 12.8. The van der Waals surface area contributed by atoms with Crippen molar-refractivity contribution in [1.82, 2.24) is 19.7 Å². The van der Waals surface area contributed by atoms with E-state index in [9.17, 15) is 4.79 Å². The van der Waals surface area contributed by atoms with E-state index in [1.165, 1.54) is 0 Å². The first kappa shape index (κ1) is 20.6. The summed E-state index contributed by atoms with van der Waals surface area (Å²) >= 11 is 6.09. The van der Waals surface area contributed by atoms with Crippen molar-refractivity contribution in [1.29, 1.82) is 0 Å². The fourth-order valence-electron chi connectivity index (χ4n) is 3.70. The number of amides is 1. The summed E-state index contributed by atoms with van der Waals surface area (Å²) in [6.45, 7) is 4.07. The minimum atomic E-state index is -0.348. The molecule has 26 heavy (non-hydrogen) atoms. The molecule has 0 unspecified atom stereocenters. The van der Waals surface area contributed by atoms with Crippen molar-refractivity contribution in [2.75, 3.05) is 34.2 Å². The van der Waals surface area contributed by atoms with Gasteiger partial charge in [-0.15, -0.1) is 0 Å². The Kier molecular flexibility index (Phi) is 6.98. The number of nitrogens with zero attached hydrogens (tertiary/aromatic N) is 4. The van der Waals surface area contributed by atoms with Crippen molar-refractivity contribution in [2.45, 2.75) is 39.2 Å². The van der Waals surface area contributed by atoms with E-state index in [-0.39, 0.29) is 11.3 Å². The standard InChI is InChI=1S/C19H32ClN5O/c1-6-21-18(25(5)13-16-11-15(20)12-24(16)4)22-14-19(9-7-8-10-19)17(26)23(2)3/h11-12H,6-10,13-14H2,1-5H3,(H,21,22). The minimum Gasteiger partial charge on any atom is -0.357 e. The Morgan fingerprint density at radius 1 is 1.35 bits per heavy atom. The lowest BCUT2D eigenvalue weighted by Crippen LogP contribution is -2.43. The maximum atomic E-state index is 12.8. The van der Waals surface area contributed by atoms with Gasteiger partial charge in [-0.1, -0.05) is 24.4 Å². The fraction of sp³-hybridized carbons (Fsp3) is 0.684. The maximum Gasteiger partial charge on any atom is 0.230 e. The van der Waals surface area contributed by atoms with Gasteiger partial charge in [0.15, 0.2) is 5.96 Å². The Morgan fingerprint density at radius 3 is 2.50 bits per heavy atom. The Balaban J connectivity index is 2.16. The van der Waals surface area contributed by atoms with Crippen LogP contribution in [-0.4, -0.2) is 60.5 Å². The average molecular weight is 382 g/mol. The van der Waals surface area contributed by atoms with Crippen molar-refractivity contribution in [3.8, 4) is 0 Å². The highest BCUT2D eigenvalue weighted by atomic mass is 35.5. The van der Waals surface area contributed by atoms with Gasteiger partial charge in [0.05, 0.1) is 23.5 Å². The molecule has 2 rings (SSSR count). The van der Waals surface area contributed by atoms with Crippen molar-refractivity contribution in [2.24, 2.45) is 17.5 Å². The number of hydrogen-bond donors (Lipinski definition) is 1. The third-order valence-corrected chi connectivity index (χ3v) is 5.33. The second-order valence-corrected chi connectivity index (χ2v) is 7.91. The molecule has 1 aromatic heterocycles. The van der Waals surface area contributed by atoms with Crippen molar-refractivity contribution >= 4 is 23.5 Å². The molecule has 146 valence electrons. The van der Waals surface area contributed by atoms with Gasteiger partial charge in [-0.2, -0.15) is 0 Å². The molecule has 1 heterocycles. The Labute approximate surface area is 162 Å². The van der Waals surface area contributed by atoms with Crippen LogP contribution in [0.4, 0.5) is 0 Å². The number of nitrogens with one attached hydrogen (secondary N) is 1. The molecule has 1 saturated carbocycles. The lowest BCUT2D eigenvalue weighted by molar-refractivity contribution is -0.138. The first-order valence-electron chi connectivity index (χ1n) is 9.31. The molecule has 0 atom stereocenters. The van der Waals surface area contributed by atoms with Crippen LogP contribution in [0, 0.1) is 5.41 Å². The zero-order valence-electron chi connectivity index (χ0n) is 16.7. The highest BCUT2D eigenvalue weighted by Gasteiger charge is 2.42. The largest absolute Gasteiger partial charge is 0.357 e. The van der Waals surface area contributed by atoms with Crippen LogP contribution < -0.4 is 5.32 Å². The molecular weight excluding hydrogens is 350 g/mol. The van der Waals surface area contributed by atoms with Crippen LogP contribution in [0.3, 0.4) is 0 Å². The summed E-state index contributed by atoms with van der Waals surface area (Å²) in [6, 6.07) is 1.97. The Hall–Kier alpha value is -1.69. The van der Waals surface area contributed by atoms with Crippen LogP contribution in [0.15, 0.2) is 17.3 Å². The van der Waals surface area contributed by atoms with Crippen molar-refractivity contribution in [3.63, 3.8) is 0 Å². The molecule has 0 aliphatic heterocycles. The van der Waals surface area contributed by atoms with Crippen LogP contribution in [0.1, 0.15) is 38.3 Å². The number of carbonyl (C=O) groups is 1. The predicted molar refractivity (Wildman–Crippen MR) is 107 cm³/mol. The zero-order valence-corrected chi connectivity index (χ0v) is 17.4. The summed E-state index contributed by atoms with van der Waals surface area (Å²) < 4.78 is 2.02. The van der Waals surface area contributed by atoms with Gasteiger partial charge in [0.1, 0.15) is 0 Å². The molecule has 1 N–H and O–H groups in total. The first-order chi connectivity index (χ1) is 12.3. The molecule has 1 aliphatic rings. The summed E-state index contributed by atoms with van der Waals surface area (Å²) in [6.07, 6.45) is 5.94. The number of guanidine groups is 1. The van der Waals surface area contributed by atoms with Gasteiger partial charge < -0.3 is 19.7 Å². The highest BCUT2D eigenvalue weighted by Crippen LogP contribution is 2.39. The molecule has 6 nitrogen and oxygen atoms in total. The Morgan fingerprint density at radius 2 is 2.00 bits per heavy atom. The van der Waals surface area contributed by atoms with Crippen LogP contribution >= 0.6 is 11.6 Å². The molecule has 0 aromatic carbocycles. The molecule has 0 spiro atoms. The minimum absolute atomic E-state index is 0.200. The van der Waals surface area contributed by atoms with Gasteiger partial charge in [0, 0.05) is 46.6 Å². The number of carbonyl (C=O) groups excluding carboxylic acids is 1. The smallest absolute Gasteiger partial charge is 0.230 e. The molecule has 0 saturated heterocycles. The van der Waals surface area contributed by atoms with Crippen molar-refractivity contribution < 1.29 is 4.79 Å². The third-order valence-electron chi connectivity index (χ3n) is 5.12. The first-order valence-corrected chi connectivity index (χ1v) is 9.69.